The molecule has 0 fully saturated rings. The fourth-order valence-electron chi connectivity index (χ4n) is 2.31. The number of aliphatic carboxylic acids is 1. The van der Waals surface area contributed by atoms with Gasteiger partial charge in [0.05, 0.1) is 16.5 Å². The average molecular weight is 385 g/mol. The zero-order chi connectivity index (χ0) is 18.6. The Bertz CT molecular complexity index is 771. The number of nitrogens with zero attached hydrogens (tertiary/aromatic N) is 4. The molecule has 0 saturated heterocycles. The van der Waals surface area contributed by atoms with Crippen LogP contribution in [0.3, 0.4) is 0 Å². The topological polar surface area (TPSA) is 88.3 Å². The molecule has 1 aromatic carbocycles. The number of halogens is 2. The molecule has 1 aromatic heterocycles. The van der Waals surface area contributed by atoms with Crippen molar-refractivity contribution in [3.8, 4) is 5.69 Å². The molecular formula is C16H18Cl2N4O3. The molecule has 2 rings (SSSR count). The predicted molar refractivity (Wildman–Crippen MR) is 94.6 cm³/mol. The first kappa shape index (κ1) is 19.2. The number of hydrogen-bond donors (Lipinski definition) is 1. The summed E-state index contributed by atoms with van der Waals surface area (Å²) in [4.78, 5) is 29.0. The fourth-order valence-corrected chi connectivity index (χ4v) is 2.87. The number of carbonyl (C=O) groups excluding carboxylic acids is 1. The molecule has 0 radical (unpaired) electrons. The maximum absolute atomic E-state index is 12.6. The van der Waals surface area contributed by atoms with Crippen molar-refractivity contribution in [1.82, 2.24) is 19.7 Å². The number of aromatic nitrogens is 3. The van der Waals surface area contributed by atoms with E-state index in [1.54, 1.807) is 25.1 Å². The van der Waals surface area contributed by atoms with Gasteiger partial charge in [-0.25, -0.2) is 9.67 Å². The van der Waals surface area contributed by atoms with Crippen molar-refractivity contribution in [3.63, 3.8) is 0 Å². The van der Waals surface area contributed by atoms with Crippen molar-refractivity contribution in [3.05, 3.63) is 39.9 Å². The lowest BCUT2D eigenvalue weighted by molar-refractivity contribution is -0.137. The Morgan fingerprint density at radius 1 is 1.24 bits per heavy atom. The molecule has 7 nitrogen and oxygen atoms in total. The number of amides is 1. The van der Waals surface area contributed by atoms with Crippen LogP contribution in [0.15, 0.2) is 18.2 Å². The number of para-hydroxylation sites is 1. The summed E-state index contributed by atoms with van der Waals surface area (Å²) in [6, 6.07) is 5.07. The molecule has 9 heteroatoms. The Morgan fingerprint density at radius 3 is 2.40 bits per heavy atom. The number of carboxylic acid groups (broad SMARTS) is 1. The first-order valence-corrected chi connectivity index (χ1v) is 8.56. The Labute approximate surface area is 155 Å². The van der Waals surface area contributed by atoms with Gasteiger partial charge in [-0.05, 0) is 19.1 Å². The van der Waals surface area contributed by atoms with E-state index >= 15 is 0 Å². The van der Waals surface area contributed by atoms with E-state index in [-0.39, 0.29) is 18.8 Å². The third-order valence-corrected chi connectivity index (χ3v) is 4.21. The van der Waals surface area contributed by atoms with Crippen LogP contribution in [-0.4, -0.2) is 49.7 Å². The van der Waals surface area contributed by atoms with Gasteiger partial charge in [0.25, 0.3) is 5.91 Å². The van der Waals surface area contributed by atoms with E-state index < -0.39 is 11.9 Å². The molecule has 134 valence electrons. The second kappa shape index (κ2) is 8.31. The van der Waals surface area contributed by atoms with Gasteiger partial charge >= 0.3 is 5.97 Å². The first-order chi connectivity index (χ1) is 11.9. The van der Waals surface area contributed by atoms with Gasteiger partial charge in [-0.3, -0.25) is 9.59 Å². The van der Waals surface area contributed by atoms with Crippen LogP contribution in [-0.2, 0) is 11.2 Å². The van der Waals surface area contributed by atoms with Crippen molar-refractivity contribution in [2.75, 3.05) is 13.1 Å². The minimum atomic E-state index is -0.971. The Hall–Kier alpha value is -2.12. The van der Waals surface area contributed by atoms with Crippen LogP contribution >= 0.6 is 23.2 Å². The number of rotatable bonds is 7. The van der Waals surface area contributed by atoms with Gasteiger partial charge in [-0.15, -0.1) is 5.10 Å². The lowest BCUT2D eigenvalue weighted by Gasteiger charge is -2.17. The molecule has 0 bridgehead atoms. The third kappa shape index (κ3) is 4.29. The number of carbonyl (C=O) groups is 2. The van der Waals surface area contributed by atoms with E-state index in [4.69, 9.17) is 28.3 Å². The molecular weight excluding hydrogens is 367 g/mol. The summed E-state index contributed by atoms with van der Waals surface area (Å²) in [6.45, 7) is 4.09. The predicted octanol–water partition coefficient (Wildman–Crippen LogP) is 3.07. The van der Waals surface area contributed by atoms with Crippen LogP contribution in [0.1, 0.15) is 36.7 Å². The van der Waals surface area contributed by atoms with Crippen LogP contribution in [0.25, 0.3) is 5.69 Å². The molecule has 0 saturated carbocycles. The summed E-state index contributed by atoms with van der Waals surface area (Å²) < 4.78 is 1.46. The van der Waals surface area contributed by atoms with E-state index in [1.807, 2.05) is 6.92 Å². The molecule has 1 N–H and O–H groups in total. The molecule has 2 aromatic rings. The molecule has 0 unspecified atom stereocenters. The maximum atomic E-state index is 12.6. The molecule has 1 heterocycles. The Kier molecular flexibility index (Phi) is 6.39. The van der Waals surface area contributed by atoms with E-state index in [0.29, 0.717) is 34.5 Å². The quantitative estimate of drug-likeness (QED) is 0.792. The van der Waals surface area contributed by atoms with E-state index in [1.165, 1.54) is 9.58 Å². The normalized spacial score (nSPS) is 10.7. The second-order valence-electron chi connectivity index (χ2n) is 5.22. The van der Waals surface area contributed by atoms with Gasteiger partial charge in [-0.2, -0.15) is 0 Å². The largest absolute Gasteiger partial charge is 0.481 e. The van der Waals surface area contributed by atoms with E-state index in [9.17, 15) is 9.59 Å². The maximum Gasteiger partial charge on any atom is 0.305 e. The average Bonchev–Trinajstić information content (AvgIpc) is 2.98. The molecule has 25 heavy (non-hydrogen) atoms. The lowest BCUT2D eigenvalue weighted by Crippen LogP contribution is -2.33. The van der Waals surface area contributed by atoms with Gasteiger partial charge in [0.1, 0.15) is 11.5 Å². The van der Waals surface area contributed by atoms with Crippen molar-refractivity contribution in [2.24, 2.45) is 0 Å². The van der Waals surface area contributed by atoms with E-state index in [2.05, 4.69) is 10.1 Å². The van der Waals surface area contributed by atoms with Crippen molar-refractivity contribution in [1.29, 1.82) is 0 Å². The van der Waals surface area contributed by atoms with Crippen LogP contribution in [0.4, 0.5) is 0 Å². The van der Waals surface area contributed by atoms with Gasteiger partial charge < -0.3 is 10.0 Å². The highest BCUT2D eigenvalue weighted by Crippen LogP contribution is 2.28. The number of hydrogen-bond acceptors (Lipinski definition) is 4. The first-order valence-electron chi connectivity index (χ1n) is 7.80. The second-order valence-corrected chi connectivity index (χ2v) is 6.03. The van der Waals surface area contributed by atoms with Gasteiger partial charge in [0.2, 0.25) is 5.82 Å². The third-order valence-electron chi connectivity index (χ3n) is 3.60. The molecule has 0 aliphatic rings. The van der Waals surface area contributed by atoms with Crippen LogP contribution < -0.4 is 0 Å². The monoisotopic (exact) mass is 384 g/mol. The highest BCUT2D eigenvalue weighted by atomic mass is 35.5. The summed E-state index contributed by atoms with van der Waals surface area (Å²) in [6.07, 6.45) is 0.375. The smallest absolute Gasteiger partial charge is 0.305 e. The summed E-state index contributed by atoms with van der Waals surface area (Å²) in [5, 5.41) is 13.9. The summed E-state index contributed by atoms with van der Waals surface area (Å²) in [5.41, 5.74) is 0.461. The molecule has 0 atom stereocenters. The van der Waals surface area contributed by atoms with Gasteiger partial charge in [0, 0.05) is 19.5 Å². The van der Waals surface area contributed by atoms with Crippen molar-refractivity contribution in [2.45, 2.75) is 26.7 Å². The number of carboxylic acids is 1. The van der Waals surface area contributed by atoms with Crippen LogP contribution in [0.5, 0.6) is 0 Å². The highest BCUT2D eigenvalue weighted by Gasteiger charge is 2.23. The Morgan fingerprint density at radius 2 is 1.88 bits per heavy atom. The Balaban J connectivity index is 2.40. The number of benzene rings is 1. The molecule has 1 amide bonds. The molecule has 0 aliphatic carbocycles. The minimum Gasteiger partial charge on any atom is -0.481 e. The fraction of sp³-hybridized carbons (Fsp3) is 0.375. The zero-order valence-corrected chi connectivity index (χ0v) is 15.4. The van der Waals surface area contributed by atoms with Crippen molar-refractivity contribution >= 4 is 35.1 Å². The molecule has 0 spiro atoms. The van der Waals surface area contributed by atoms with Crippen LogP contribution in [0.2, 0.25) is 10.0 Å². The lowest BCUT2D eigenvalue weighted by atomic mass is 10.3. The standard InChI is InChI=1S/C16H18Cl2N4O3/c1-3-12-19-15(16(25)21(4-2)9-8-13(23)24)20-22(12)14-10(17)6-5-7-11(14)18/h5-7H,3-4,8-9H2,1-2H3,(H,23,24). The van der Waals surface area contributed by atoms with Gasteiger partial charge in [0.15, 0.2) is 0 Å². The SMILES string of the molecule is CCc1nc(C(=O)N(CC)CCC(=O)O)nn1-c1c(Cl)cccc1Cl. The van der Waals surface area contributed by atoms with Gasteiger partial charge in [-0.1, -0.05) is 36.2 Å². The summed E-state index contributed by atoms with van der Waals surface area (Å²) >= 11 is 12.4. The summed E-state index contributed by atoms with van der Waals surface area (Å²) in [5.74, 6) is -0.880. The molecule has 0 aliphatic heterocycles. The number of aryl methyl sites for hydroxylation is 1. The van der Waals surface area contributed by atoms with Crippen molar-refractivity contribution < 1.29 is 14.7 Å². The highest BCUT2D eigenvalue weighted by molar-refractivity contribution is 6.37. The summed E-state index contributed by atoms with van der Waals surface area (Å²) in [7, 11) is 0. The minimum absolute atomic E-state index is 0.0138. The van der Waals surface area contributed by atoms with E-state index in [0.717, 1.165) is 0 Å². The van der Waals surface area contributed by atoms with Crippen LogP contribution in [0, 0.1) is 0 Å². The zero-order valence-electron chi connectivity index (χ0n) is 13.9.